The van der Waals surface area contributed by atoms with E-state index in [4.69, 9.17) is 33.9 Å². The maximum atomic E-state index is 12.7. The third-order valence-electron chi connectivity index (χ3n) is 6.76. The summed E-state index contributed by atoms with van der Waals surface area (Å²) in [5.41, 5.74) is 7.03. The fourth-order valence-electron chi connectivity index (χ4n) is 4.43. The van der Waals surface area contributed by atoms with Crippen LogP contribution in [-0.4, -0.2) is 53.2 Å². The van der Waals surface area contributed by atoms with Gasteiger partial charge in [0.25, 0.3) is 5.16 Å². The van der Waals surface area contributed by atoms with Crippen LogP contribution in [0, 0.1) is 5.41 Å². The number of hydrogen-bond acceptors (Lipinski definition) is 7. The van der Waals surface area contributed by atoms with Gasteiger partial charge in [0.15, 0.2) is 17.0 Å². The zero-order valence-electron chi connectivity index (χ0n) is 20.1. The minimum atomic E-state index is -3.77. The molecule has 2 aromatic carbocycles. The molecule has 0 radical (unpaired) electrons. The van der Waals surface area contributed by atoms with Crippen molar-refractivity contribution in [3.05, 3.63) is 58.6 Å². The van der Waals surface area contributed by atoms with Gasteiger partial charge in [-0.15, -0.1) is 0 Å². The molecule has 0 aliphatic carbocycles. The van der Waals surface area contributed by atoms with E-state index in [9.17, 15) is 13.2 Å². The van der Waals surface area contributed by atoms with E-state index in [1.54, 1.807) is 34.9 Å². The second-order valence-corrected chi connectivity index (χ2v) is 12.2. The summed E-state index contributed by atoms with van der Waals surface area (Å²) in [6.45, 7) is 2.74. The van der Waals surface area contributed by atoms with Gasteiger partial charge in [-0.2, -0.15) is 9.97 Å². The maximum Gasteiger partial charge on any atom is 0.250 e. The van der Waals surface area contributed by atoms with Gasteiger partial charge in [-0.05, 0) is 49.2 Å². The molecule has 0 spiro atoms. The van der Waals surface area contributed by atoms with Gasteiger partial charge < -0.3 is 10.6 Å². The molecule has 0 atom stereocenters. The van der Waals surface area contributed by atoms with Crippen LogP contribution in [0.3, 0.4) is 0 Å². The maximum absolute atomic E-state index is 12.7. The molecule has 5 rings (SSSR count). The van der Waals surface area contributed by atoms with Crippen LogP contribution in [-0.2, 0) is 14.6 Å². The Hall–Kier alpha value is -3.21. The molecule has 1 aliphatic heterocycles. The van der Waals surface area contributed by atoms with E-state index in [1.807, 2.05) is 30.0 Å². The van der Waals surface area contributed by atoms with Gasteiger partial charge in [-0.3, -0.25) is 9.36 Å². The van der Waals surface area contributed by atoms with Crippen LogP contribution in [0.2, 0.25) is 10.0 Å². The molecule has 9 nitrogen and oxygen atoms in total. The van der Waals surface area contributed by atoms with Crippen molar-refractivity contribution >= 4 is 55.9 Å². The van der Waals surface area contributed by atoms with Crippen LogP contribution in [0.15, 0.2) is 53.7 Å². The highest BCUT2D eigenvalue weighted by molar-refractivity contribution is 7.90. The second-order valence-electron chi connectivity index (χ2n) is 9.41. The fraction of sp³-hybridized carbons (Fsp3) is 0.280. The van der Waals surface area contributed by atoms with Crippen molar-refractivity contribution in [1.29, 1.82) is 0 Å². The van der Waals surface area contributed by atoms with Crippen LogP contribution >= 0.6 is 23.2 Å². The molecule has 37 heavy (non-hydrogen) atoms. The third kappa shape index (κ3) is 4.65. The zero-order chi connectivity index (χ0) is 26.5. The van der Waals surface area contributed by atoms with Crippen molar-refractivity contribution in [2.24, 2.45) is 11.1 Å². The number of nitrogens with zero attached hydrogens (tertiary/aromatic N) is 5. The highest BCUT2D eigenvalue weighted by Gasteiger charge is 2.37. The molecule has 0 saturated carbocycles. The molecule has 2 N–H and O–H groups in total. The number of hydrogen-bond donors (Lipinski definition) is 1. The topological polar surface area (TPSA) is 124 Å². The molecule has 1 saturated heterocycles. The number of fused-ring (bicyclic) bond motifs is 1. The zero-order valence-corrected chi connectivity index (χ0v) is 22.5. The quantitative estimate of drug-likeness (QED) is 0.362. The average molecular weight is 559 g/mol. The molecule has 4 aromatic rings. The van der Waals surface area contributed by atoms with E-state index in [0.717, 1.165) is 6.26 Å². The third-order valence-corrected chi connectivity index (χ3v) is 8.19. The van der Waals surface area contributed by atoms with Gasteiger partial charge in [-0.1, -0.05) is 42.3 Å². The Morgan fingerprint density at radius 3 is 2.24 bits per heavy atom. The largest absolute Gasteiger partial charge is 0.369 e. The van der Waals surface area contributed by atoms with Crippen LogP contribution in [0.1, 0.15) is 19.8 Å². The molecule has 0 unspecified atom stereocenters. The number of amides is 1. The first-order valence-electron chi connectivity index (χ1n) is 11.5. The summed E-state index contributed by atoms with van der Waals surface area (Å²) in [6.07, 6.45) is 2.06. The van der Waals surface area contributed by atoms with Crippen LogP contribution in [0.4, 0.5) is 5.82 Å². The van der Waals surface area contributed by atoms with E-state index >= 15 is 0 Å². The molecular weight excluding hydrogens is 535 g/mol. The Bertz CT molecular complexity index is 1630. The predicted octanol–water partition coefficient (Wildman–Crippen LogP) is 4.28. The van der Waals surface area contributed by atoms with E-state index in [-0.39, 0.29) is 11.1 Å². The van der Waals surface area contributed by atoms with Crippen molar-refractivity contribution in [3.8, 4) is 17.1 Å². The first-order valence-corrected chi connectivity index (χ1v) is 14.2. The number of primary amides is 1. The molecule has 1 aliphatic rings. The van der Waals surface area contributed by atoms with Gasteiger partial charge in [-0.25, -0.2) is 13.4 Å². The lowest BCUT2D eigenvalue weighted by Crippen LogP contribution is -2.45. The minimum Gasteiger partial charge on any atom is -0.369 e. The van der Waals surface area contributed by atoms with Crippen LogP contribution in [0.25, 0.3) is 28.2 Å². The summed E-state index contributed by atoms with van der Waals surface area (Å²) in [4.78, 5) is 27.7. The number of piperidine rings is 1. The smallest absolute Gasteiger partial charge is 0.250 e. The van der Waals surface area contributed by atoms with E-state index in [1.165, 1.54) is 0 Å². The summed E-state index contributed by atoms with van der Waals surface area (Å²) in [5.74, 6) is 0.492. The molecule has 0 bridgehead atoms. The molecule has 192 valence electrons. The summed E-state index contributed by atoms with van der Waals surface area (Å²) in [7, 11) is -3.77. The standard InChI is InChI=1S/C25H24Cl2N6O3S/c1-25(23(28)34)11-13-32(14-12-25)21-19-22(31-24(30-21)37(2,35)36)33(16-9-7-15(26)8-10-16)20(29-19)17-5-3-4-6-18(17)27/h3-10H,11-14H2,1-2H3,(H2,28,34). The molecule has 12 heteroatoms. The lowest BCUT2D eigenvalue weighted by molar-refractivity contribution is -0.127. The number of anilines is 1. The summed E-state index contributed by atoms with van der Waals surface area (Å²) in [5, 5.41) is 0.700. The lowest BCUT2D eigenvalue weighted by Gasteiger charge is -2.37. The Morgan fingerprint density at radius 2 is 1.65 bits per heavy atom. The van der Waals surface area contributed by atoms with Gasteiger partial charge in [0.2, 0.25) is 15.7 Å². The first kappa shape index (κ1) is 25.4. The fourth-order valence-corrected chi connectivity index (χ4v) is 5.28. The number of halogens is 2. The van der Waals surface area contributed by atoms with Crippen molar-refractivity contribution in [1.82, 2.24) is 19.5 Å². The van der Waals surface area contributed by atoms with E-state index < -0.39 is 15.3 Å². The lowest BCUT2D eigenvalue weighted by atomic mass is 9.80. The molecular formula is C25H24Cl2N6O3S. The summed E-state index contributed by atoms with van der Waals surface area (Å²) >= 11 is 12.7. The van der Waals surface area contributed by atoms with Gasteiger partial charge in [0.05, 0.1) is 5.02 Å². The van der Waals surface area contributed by atoms with Crippen molar-refractivity contribution in [3.63, 3.8) is 0 Å². The summed E-state index contributed by atoms with van der Waals surface area (Å²) in [6, 6.07) is 14.3. The highest BCUT2D eigenvalue weighted by atomic mass is 35.5. The Balaban J connectivity index is 1.80. The van der Waals surface area contributed by atoms with Crippen LogP contribution < -0.4 is 10.6 Å². The van der Waals surface area contributed by atoms with Crippen molar-refractivity contribution < 1.29 is 13.2 Å². The molecule has 2 aromatic heterocycles. The molecule has 3 heterocycles. The number of benzene rings is 2. The number of imidazole rings is 1. The van der Waals surface area contributed by atoms with Gasteiger partial charge >= 0.3 is 0 Å². The average Bonchev–Trinajstić information content (AvgIpc) is 3.23. The number of carbonyl (C=O) groups excluding carboxylic acids is 1. The van der Waals surface area contributed by atoms with Gasteiger partial charge in [0.1, 0.15) is 5.82 Å². The van der Waals surface area contributed by atoms with E-state index in [0.29, 0.717) is 70.0 Å². The number of nitrogens with two attached hydrogens (primary N) is 1. The monoisotopic (exact) mass is 558 g/mol. The molecule has 1 fully saturated rings. The number of carbonyl (C=O) groups is 1. The van der Waals surface area contributed by atoms with Gasteiger partial charge in [0, 0.05) is 41.0 Å². The van der Waals surface area contributed by atoms with Crippen molar-refractivity contribution in [2.75, 3.05) is 24.2 Å². The van der Waals surface area contributed by atoms with Crippen molar-refractivity contribution in [2.45, 2.75) is 24.9 Å². The van der Waals surface area contributed by atoms with E-state index in [2.05, 4.69) is 9.97 Å². The molecule has 1 amide bonds. The Morgan fingerprint density at radius 1 is 1.00 bits per heavy atom. The SMILES string of the molecule is CC1(C(N)=O)CCN(c2nc(S(C)(=O)=O)nc3c2nc(-c2ccccc2Cl)n3-c2ccc(Cl)cc2)CC1. The Kier molecular flexibility index (Phi) is 6.37. The highest BCUT2D eigenvalue weighted by Crippen LogP contribution is 2.38. The second kappa shape index (κ2) is 9.27. The Labute approximate surface area is 224 Å². The summed E-state index contributed by atoms with van der Waals surface area (Å²) < 4.78 is 27.1. The number of aromatic nitrogens is 4. The normalized spacial score (nSPS) is 15.7. The minimum absolute atomic E-state index is 0.311. The predicted molar refractivity (Wildman–Crippen MR) is 144 cm³/mol. The number of rotatable bonds is 5. The first-order chi connectivity index (χ1) is 17.5. The van der Waals surface area contributed by atoms with Crippen LogP contribution in [0.5, 0.6) is 0 Å². The number of sulfone groups is 1.